The number of aromatic amines is 1. The van der Waals surface area contributed by atoms with Crippen LogP contribution in [0.2, 0.25) is 0 Å². The molecular weight excluding hydrogens is 328 g/mol. The van der Waals surface area contributed by atoms with Gasteiger partial charge in [0, 0.05) is 41.5 Å². The van der Waals surface area contributed by atoms with Gasteiger partial charge in [0.25, 0.3) is 5.91 Å². The van der Waals surface area contributed by atoms with Crippen molar-refractivity contribution in [2.24, 2.45) is 0 Å². The number of benzene rings is 1. The van der Waals surface area contributed by atoms with Gasteiger partial charge >= 0.3 is 0 Å². The average Bonchev–Trinajstić information content (AvgIpc) is 3.13. The standard InChI is InChI=1S/C20H20N4O2/c1-26-17-7-4-6-15-14(17)8-9-16-18(15)23-24-19(16)20(25)22-12-10-13-5-2-3-11-21-13/h2-7,11H,8-10,12H2,1H3,(H,22,25)(H,23,24). The van der Waals surface area contributed by atoms with E-state index in [1.54, 1.807) is 13.3 Å². The molecule has 26 heavy (non-hydrogen) atoms. The molecule has 4 rings (SSSR count). The number of pyridine rings is 1. The third-order valence-corrected chi connectivity index (χ3v) is 4.72. The zero-order valence-electron chi connectivity index (χ0n) is 14.6. The number of hydrogen-bond acceptors (Lipinski definition) is 4. The van der Waals surface area contributed by atoms with Gasteiger partial charge in [-0.15, -0.1) is 0 Å². The minimum Gasteiger partial charge on any atom is -0.496 e. The van der Waals surface area contributed by atoms with E-state index in [1.165, 1.54) is 0 Å². The molecule has 0 atom stereocenters. The highest BCUT2D eigenvalue weighted by Crippen LogP contribution is 2.37. The summed E-state index contributed by atoms with van der Waals surface area (Å²) in [5.74, 6) is 0.749. The molecule has 2 aromatic heterocycles. The summed E-state index contributed by atoms with van der Waals surface area (Å²) in [5, 5.41) is 10.3. The number of aromatic nitrogens is 3. The minimum atomic E-state index is -0.124. The second-order valence-electron chi connectivity index (χ2n) is 6.24. The number of rotatable bonds is 5. The fourth-order valence-electron chi connectivity index (χ4n) is 3.44. The maximum absolute atomic E-state index is 12.6. The average molecular weight is 348 g/mol. The van der Waals surface area contributed by atoms with Gasteiger partial charge in [0.15, 0.2) is 0 Å². The molecule has 2 N–H and O–H groups in total. The van der Waals surface area contributed by atoms with Gasteiger partial charge in [0.2, 0.25) is 0 Å². The number of methoxy groups -OCH3 is 1. The quantitative estimate of drug-likeness (QED) is 0.743. The summed E-state index contributed by atoms with van der Waals surface area (Å²) in [6.45, 7) is 0.536. The van der Waals surface area contributed by atoms with E-state index in [-0.39, 0.29) is 5.91 Å². The van der Waals surface area contributed by atoms with Crippen molar-refractivity contribution >= 4 is 5.91 Å². The number of carbonyl (C=O) groups is 1. The summed E-state index contributed by atoms with van der Waals surface area (Å²) >= 11 is 0. The van der Waals surface area contributed by atoms with E-state index in [0.717, 1.165) is 46.7 Å². The Morgan fingerprint density at radius 3 is 2.88 bits per heavy atom. The molecule has 1 aromatic carbocycles. The molecule has 1 aliphatic rings. The molecule has 6 nitrogen and oxygen atoms in total. The zero-order chi connectivity index (χ0) is 17.9. The Morgan fingerprint density at radius 1 is 1.19 bits per heavy atom. The number of amides is 1. The van der Waals surface area contributed by atoms with Crippen LogP contribution in [0.3, 0.4) is 0 Å². The smallest absolute Gasteiger partial charge is 0.269 e. The van der Waals surface area contributed by atoms with Gasteiger partial charge in [-0.05, 0) is 31.0 Å². The van der Waals surface area contributed by atoms with E-state index in [0.29, 0.717) is 18.7 Å². The number of nitrogens with one attached hydrogen (secondary N) is 2. The van der Waals surface area contributed by atoms with Crippen LogP contribution in [0.15, 0.2) is 42.6 Å². The second-order valence-corrected chi connectivity index (χ2v) is 6.24. The van der Waals surface area contributed by atoms with E-state index < -0.39 is 0 Å². The van der Waals surface area contributed by atoms with E-state index >= 15 is 0 Å². The van der Waals surface area contributed by atoms with Gasteiger partial charge in [0.05, 0.1) is 12.8 Å². The molecule has 1 aliphatic carbocycles. The van der Waals surface area contributed by atoms with Crippen molar-refractivity contribution < 1.29 is 9.53 Å². The lowest BCUT2D eigenvalue weighted by Gasteiger charge is -2.18. The van der Waals surface area contributed by atoms with Crippen molar-refractivity contribution in [3.63, 3.8) is 0 Å². The van der Waals surface area contributed by atoms with E-state index in [9.17, 15) is 4.79 Å². The van der Waals surface area contributed by atoms with Crippen molar-refractivity contribution in [2.75, 3.05) is 13.7 Å². The normalized spacial score (nSPS) is 12.2. The molecule has 0 aliphatic heterocycles. The summed E-state index contributed by atoms with van der Waals surface area (Å²) in [6.07, 6.45) is 4.05. The van der Waals surface area contributed by atoms with Crippen LogP contribution in [0, 0.1) is 0 Å². The number of hydrogen-bond donors (Lipinski definition) is 2. The van der Waals surface area contributed by atoms with Crippen LogP contribution in [0.25, 0.3) is 11.3 Å². The van der Waals surface area contributed by atoms with Crippen molar-refractivity contribution in [1.82, 2.24) is 20.5 Å². The summed E-state index contributed by atoms with van der Waals surface area (Å²) in [4.78, 5) is 16.8. The molecule has 6 heteroatoms. The van der Waals surface area contributed by atoms with Crippen LogP contribution in [0.5, 0.6) is 5.75 Å². The minimum absolute atomic E-state index is 0.124. The maximum atomic E-state index is 12.6. The first-order valence-corrected chi connectivity index (χ1v) is 8.69. The Kier molecular flexibility index (Phi) is 4.39. The van der Waals surface area contributed by atoms with Gasteiger partial charge in [-0.3, -0.25) is 14.9 Å². The molecule has 0 unspecified atom stereocenters. The number of fused-ring (bicyclic) bond motifs is 3. The van der Waals surface area contributed by atoms with Gasteiger partial charge in [-0.1, -0.05) is 18.2 Å². The van der Waals surface area contributed by atoms with Crippen molar-refractivity contribution in [1.29, 1.82) is 0 Å². The lowest BCUT2D eigenvalue weighted by molar-refractivity contribution is 0.0948. The van der Waals surface area contributed by atoms with Crippen molar-refractivity contribution in [3.05, 3.63) is 65.1 Å². The Morgan fingerprint density at radius 2 is 2.08 bits per heavy atom. The number of H-pyrrole nitrogens is 1. The first kappa shape index (κ1) is 16.3. The monoisotopic (exact) mass is 348 g/mol. The second kappa shape index (κ2) is 7.00. The predicted molar refractivity (Wildman–Crippen MR) is 98.3 cm³/mol. The summed E-state index contributed by atoms with van der Waals surface area (Å²) in [7, 11) is 1.68. The molecule has 1 amide bonds. The van der Waals surface area contributed by atoms with Crippen LogP contribution < -0.4 is 10.1 Å². The van der Waals surface area contributed by atoms with Crippen LogP contribution in [0.4, 0.5) is 0 Å². The number of nitrogens with zero attached hydrogens (tertiary/aromatic N) is 2. The summed E-state index contributed by atoms with van der Waals surface area (Å²) < 4.78 is 5.45. The molecule has 3 aromatic rings. The van der Waals surface area contributed by atoms with E-state index in [1.807, 2.05) is 36.4 Å². The molecule has 0 bridgehead atoms. The SMILES string of the molecule is COc1cccc2c1CCc1c-2n[nH]c1C(=O)NCCc1ccccn1. The Hall–Kier alpha value is -3.15. The summed E-state index contributed by atoms with van der Waals surface area (Å²) in [6, 6.07) is 11.7. The van der Waals surface area contributed by atoms with Gasteiger partial charge in [-0.2, -0.15) is 5.10 Å². The Balaban J connectivity index is 1.51. The van der Waals surface area contributed by atoms with Crippen LogP contribution >= 0.6 is 0 Å². The third-order valence-electron chi connectivity index (χ3n) is 4.72. The van der Waals surface area contributed by atoms with Gasteiger partial charge in [-0.25, -0.2) is 0 Å². The fraction of sp³-hybridized carbons (Fsp3) is 0.250. The molecule has 0 fully saturated rings. The number of ether oxygens (including phenoxy) is 1. The highest BCUT2D eigenvalue weighted by Gasteiger charge is 2.26. The topological polar surface area (TPSA) is 79.9 Å². The molecule has 0 spiro atoms. The first-order valence-electron chi connectivity index (χ1n) is 8.69. The van der Waals surface area contributed by atoms with Crippen molar-refractivity contribution in [3.8, 4) is 17.0 Å². The van der Waals surface area contributed by atoms with E-state index in [2.05, 4.69) is 20.5 Å². The molecule has 0 saturated carbocycles. The molecular formula is C20H20N4O2. The Bertz CT molecular complexity index is 934. The fourth-order valence-corrected chi connectivity index (χ4v) is 3.44. The van der Waals surface area contributed by atoms with Crippen LogP contribution in [0.1, 0.15) is 27.3 Å². The molecule has 132 valence electrons. The summed E-state index contributed by atoms with van der Waals surface area (Å²) in [5.41, 5.74) is 5.52. The molecule has 2 heterocycles. The highest BCUT2D eigenvalue weighted by atomic mass is 16.5. The van der Waals surface area contributed by atoms with Crippen LogP contribution in [-0.2, 0) is 19.3 Å². The third kappa shape index (κ3) is 2.94. The molecule has 0 radical (unpaired) electrons. The highest BCUT2D eigenvalue weighted by molar-refractivity contribution is 5.96. The lowest BCUT2D eigenvalue weighted by Crippen LogP contribution is -2.27. The largest absolute Gasteiger partial charge is 0.496 e. The van der Waals surface area contributed by atoms with Gasteiger partial charge < -0.3 is 10.1 Å². The first-order chi connectivity index (χ1) is 12.8. The van der Waals surface area contributed by atoms with Crippen molar-refractivity contribution in [2.45, 2.75) is 19.3 Å². The lowest BCUT2D eigenvalue weighted by atomic mass is 9.88. The zero-order valence-corrected chi connectivity index (χ0v) is 14.6. The Labute approximate surface area is 151 Å². The molecule has 0 saturated heterocycles. The van der Waals surface area contributed by atoms with E-state index in [4.69, 9.17) is 4.74 Å². The predicted octanol–water partition coefficient (Wildman–Crippen LogP) is 2.55. The maximum Gasteiger partial charge on any atom is 0.269 e. The van der Waals surface area contributed by atoms with Crippen LogP contribution in [-0.4, -0.2) is 34.7 Å². The number of carbonyl (C=O) groups excluding carboxylic acids is 1. The van der Waals surface area contributed by atoms with Gasteiger partial charge in [0.1, 0.15) is 11.4 Å².